The summed E-state index contributed by atoms with van der Waals surface area (Å²) in [6.45, 7) is 5.19. The Balaban J connectivity index is 1.48. The van der Waals surface area contributed by atoms with Gasteiger partial charge in [0.25, 0.3) is 5.91 Å². The number of nitrogens with zero attached hydrogens (tertiary/aromatic N) is 2. The van der Waals surface area contributed by atoms with E-state index in [0.29, 0.717) is 30.3 Å². The molecule has 0 atom stereocenters. The van der Waals surface area contributed by atoms with E-state index in [1.54, 1.807) is 23.5 Å². The molecule has 0 radical (unpaired) electrons. The van der Waals surface area contributed by atoms with Crippen molar-refractivity contribution in [2.75, 3.05) is 18.4 Å². The second-order valence-corrected chi connectivity index (χ2v) is 10.7. The smallest absolute Gasteiger partial charge is 0.255 e. The molecule has 1 aliphatic rings. The van der Waals surface area contributed by atoms with Crippen molar-refractivity contribution in [2.24, 2.45) is 5.92 Å². The number of piperidine rings is 1. The molecule has 1 amide bonds. The third kappa shape index (κ3) is 4.19. The minimum atomic E-state index is -3.51. The van der Waals surface area contributed by atoms with Crippen LogP contribution in [0.2, 0.25) is 0 Å². The lowest BCUT2D eigenvalue weighted by Gasteiger charge is -2.29. The minimum Gasteiger partial charge on any atom is -0.322 e. The first-order chi connectivity index (χ1) is 13.8. The number of benzene rings is 2. The lowest BCUT2D eigenvalue weighted by atomic mass is 10.0. The van der Waals surface area contributed by atoms with Crippen LogP contribution >= 0.6 is 11.3 Å². The lowest BCUT2D eigenvalue weighted by molar-refractivity contribution is 0.102. The first-order valence-corrected chi connectivity index (χ1v) is 11.9. The van der Waals surface area contributed by atoms with Crippen LogP contribution in [0.15, 0.2) is 47.4 Å². The average Bonchev–Trinajstić information content (AvgIpc) is 3.07. The van der Waals surface area contributed by atoms with Gasteiger partial charge >= 0.3 is 0 Å². The summed E-state index contributed by atoms with van der Waals surface area (Å²) in [6.07, 6.45) is 1.76. The van der Waals surface area contributed by atoms with Crippen molar-refractivity contribution < 1.29 is 13.2 Å². The molecule has 1 aliphatic heterocycles. The van der Waals surface area contributed by atoms with Crippen LogP contribution in [0, 0.1) is 12.8 Å². The molecule has 152 valence electrons. The van der Waals surface area contributed by atoms with Crippen LogP contribution in [0.3, 0.4) is 0 Å². The Hall–Kier alpha value is -2.29. The molecule has 29 heavy (non-hydrogen) atoms. The van der Waals surface area contributed by atoms with Crippen molar-refractivity contribution in [1.29, 1.82) is 0 Å². The van der Waals surface area contributed by atoms with Crippen molar-refractivity contribution in [3.8, 4) is 0 Å². The molecule has 0 bridgehead atoms. The molecule has 2 aromatic carbocycles. The Morgan fingerprint density at radius 3 is 2.52 bits per heavy atom. The molecule has 4 rings (SSSR count). The van der Waals surface area contributed by atoms with Gasteiger partial charge in [0.2, 0.25) is 10.0 Å². The van der Waals surface area contributed by atoms with E-state index in [2.05, 4.69) is 17.2 Å². The number of aromatic nitrogens is 1. The quantitative estimate of drug-likeness (QED) is 0.671. The number of hydrogen-bond donors (Lipinski definition) is 1. The van der Waals surface area contributed by atoms with Gasteiger partial charge in [-0.2, -0.15) is 4.31 Å². The summed E-state index contributed by atoms with van der Waals surface area (Å²) in [4.78, 5) is 17.2. The SMILES string of the molecule is Cc1nc2ccc(NC(=O)c3ccc(S(=O)(=O)N4CCC(C)CC4)cc3)cc2s1. The molecule has 0 spiro atoms. The first-order valence-electron chi connectivity index (χ1n) is 9.62. The topological polar surface area (TPSA) is 79.4 Å². The molecule has 2 heterocycles. The average molecular weight is 430 g/mol. The van der Waals surface area contributed by atoms with Crippen LogP contribution in [0.4, 0.5) is 5.69 Å². The fourth-order valence-electron chi connectivity index (χ4n) is 3.47. The van der Waals surface area contributed by atoms with E-state index in [9.17, 15) is 13.2 Å². The normalized spacial score (nSPS) is 16.2. The number of aryl methyl sites for hydroxylation is 1. The first kappa shape index (κ1) is 20.0. The molecule has 8 heteroatoms. The van der Waals surface area contributed by atoms with Crippen molar-refractivity contribution in [3.63, 3.8) is 0 Å². The van der Waals surface area contributed by atoms with Crippen LogP contribution in [0.25, 0.3) is 10.2 Å². The number of fused-ring (bicyclic) bond motifs is 1. The highest BCUT2D eigenvalue weighted by Gasteiger charge is 2.28. The minimum absolute atomic E-state index is 0.227. The maximum absolute atomic E-state index is 12.8. The number of thiazole rings is 1. The van der Waals surface area contributed by atoms with Crippen molar-refractivity contribution in [3.05, 3.63) is 53.0 Å². The third-order valence-corrected chi connectivity index (χ3v) is 8.10. The number of nitrogens with one attached hydrogen (secondary N) is 1. The summed E-state index contributed by atoms with van der Waals surface area (Å²) in [7, 11) is -3.51. The van der Waals surface area contributed by atoms with E-state index < -0.39 is 10.0 Å². The standard InChI is InChI=1S/C21H23N3O3S2/c1-14-9-11-24(12-10-14)29(26,27)18-6-3-16(4-7-18)21(25)23-17-5-8-19-20(13-17)28-15(2)22-19/h3-8,13-14H,9-12H2,1-2H3,(H,23,25). The third-order valence-electron chi connectivity index (χ3n) is 5.25. The summed E-state index contributed by atoms with van der Waals surface area (Å²) >= 11 is 1.57. The van der Waals surface area contributed by atoms with E-state index in [4.69, 9.17) is 0 Å². The zero-order valence-electron chi connectivity index (χ0n) is 16.4. The highest BCUT2D eigenvalue weighted by molar-refractivity contribution is 7.89. The van der Waals surface area contributed by atoms with Gasteiger partial charge in [0.05, 0.1) is 20.1 Å². The maximum atomic E-state index is 12.8. The van der Waals surface area contributed by atoms with Crippen molar-refractivity contribution in [1.82, 2.24) is 9.29 Å². The number of carbonyl (C=O) groups is 1. The van der Waals surface area contributed by atoms with Crippen molar-refractivity contribution >= 4 is 43.2 Å². The Bertz CT molecular complexity index is 1150. The molecule has 0 aliphatic carbocycles. The van der Waals surface area contributed by atoms with E-state index in [0.717, 1.165) is 28.1 Å². The van der Waals surface area contributed by atoms with Gasteiger partial charge in [-0.05, 0) is 68.1 Å². The zero-order valence-corrected chi connectivity index (χ0v) is 18.0. The number of carbonyl (C=O) groups excluding carboxylic acids is 1. The molecule has 0 unspecified atom stereocenters. The number of sulfonamides is 1. The fourth-order valence-corrected chi connectivity index (χ4v) is 5.81. The van der Waals surface area contributed by atoms with Crippen molar-refractivity contribution in [2.45, 2.75) is 31.6 Å². The van der Waals surface area contributed by atoms with Crippen LogP contribution in [-0.4, -0.2) is 36.7 Å². The van der Waals surface area contributed by atoms with E-state index in [-0.39, 0.29) is 10.8 Å². The summed E-state index contributed by atoms with van der Waals surface area (Å²) in [5, 5.41) is 3.84. The summed E-state index contributed by atoms with van der Waals surface area (Å²) in [5.41, 5.74) is 2.01. The number of anilines is 1. The van der Waals surface area contributed by atoms with Gasteiger partial charge in [-0.1, -0.05) is 6.92 Å². The Morgan fingerprint density at radius 2 is 1.83 bits per heavy atom. The molecular weight excluding hydrogens is 406 g/mol. The zero-order chi connectivity index (χ0) is 20.6. The Morgan fingerprint density at radius 1 is 1.14 bits per heavy atom. The predicted octanol–water partition coefficient (Wildman–Crippen LogP) is 4.28. The highest BCUT2D eigenvalue weighted by atomic mass is 32.2. The number of hydrogen-bond acceptors (Lipinski definition) is 5. The molecule has 1 fully saturated rings. The molecule has 1 N–H and O–H groups in total. The summed E-state index contributed by atoms with van der Waals surface area (Å²) in [6, 6.07) is 11.7. The monoisotopic (exact) mass is 429 g/mol. The van der Waals surface area contributed by atoms with Gasteiger partial charge in [0, 0.05) is 24.3 Å². The molecule has 3 aromatic rings. The number of amides is 1. The second-order valence-electron chi connectivity index (χ2n) is 7.48. The fraction of sp³-hybridized carbons (Fsp3) is 0.333. The van der Waals surface area contributed by atoms with Gasteiger partial charge in [-0.15, -0.1) is 11.3 Å². The van der Waals surface area contributed by atoms with Crippen LogP contribution in [-0.2, 0) is 10.0 Å². The highest BCUT2D eigenvalue weighted by Crippen LogP contribution is 2.26. The Labute approximate surface area is 174 Å². The summed E-state index contributed by atoms with van der Waals surface area (Å²) in [5.74, 6) is 0.280. The van der Waals surface area contributed by atoms with Crippen LogP contribution < -0.4 is 5.32 Å². The molecule has 1 saturated heterocycles. The van der Waals surface area contributed by atoms with Crippen LogP contribution in [0.1, 0.15) is 35.1 Å². The molecular formula is C21H23N3O3S2. The van der Waals surface area contributed by atoms with Gasteiger partial charge < -0.3 is 5.32 Å². The summed E-state index contributed by atoms with van der Waals surface area (Å²) < 4.78 is 28.2. The maximum Gasteiger partial charge on any atom is 0.255 e. The molecule has 0 saturated carbocycles. The van der Waals surface area contributed by atoms with Gasteiger partial charge in [-0.3, -0.25) is 4.79 Å². The van der Waals surface area contributed by atoms with E-state index in [1.165, 1.54) is 16.4 Å². The van der Waals surface area contributed by atoms with Crippen LogP contribution in [0.5, 0.6) is 0 Å². The predicted molar refractivity (Wildman–Crippen MR) is 116 cm³/mol. The van der Waals surface area contributed by atoms with E-state index in [1.807, 2.05) is 25.1 Å². The van der Waals surface area contributed by atoms with Gasteiger partial charge in [-0.25, -0.2) is 13.4 Å². The Kier molecular flexibility index (Phi) is 5.42. The molecule has 6 nitrogen and oxygen atoms in total. The number of rotatable bonds is 4. The lowest BCUT2D eigenvalue weighted by Crippen LogP contribution is -2.37. The van der Waals surface area contributed by atoms with Gasteiger partial charge in [0.1, 0.15) is 0 Å². The molecule has 1 aromatic heterocycles. The second kappa shape index (κ2) is 7.85. The van der Waals surface area contributed by atoms with Gasteiger partial charge in [0.15, 0.2) is 0 Å². The largest absolute Gasteiger partial charge is 0.322 e. The van der Waals surface area contributed by atoms with E-state index >= 15 is 0 Å².